The minimum Gasteiger partial charge on any atom is -0.479 e. The molecule has 10 nitrogen and oxygen atoms in total. The minimum absolute atomic E-state index is 0.00167. The molecule has 0 aliphatic carbocycles. The number of nitrogen functional groups attached to an aromatic ring is 1. The van der Waals surface area contributed by atoms with E-state index in [1.807, 2.05) is 0 Å². The molecule has 0 spiro atoms. The molecule has 11 heteroatoms. The second kappa shape index (κ2) is 9.11. The van der Waals surface area contributed by atoms with Crippen LogP contribution in [0.15, 0.2) is 63.3 Å². The molecule has 2 aromatic rings. The van der Waals surface area contributed by atoms with Crippen LogP contribution in [0.2, 0.25) is 0 Å². The van der Waals surface area contributed by atoms with E-state index in [0.717, 1.165) is 6.21 Å². The number of nitrogens with two attached hydrogens (primary N) is 1. The fraction of sp³-hybridized carbons (Fsp3) is 0.222. The summed E-state index contributed by atoms with van der Waals surface area (Å²) in [4.78, 5) is 14.5. The number of hydrogen-bond donors (Lipinski definition) is 6. The molecule has 156 valence electrons. The molecule has 4 atom stereocenters. The number of aliphatic hydroxyl groups is 4. The third-order valence-corrected chi connectivity index (χ3v) is 5.78. The molecule has 0 fully saturated rings. The molecule has 0 aliphatic rings. The zero-order valence-electron chi connectivity index (χ0n) is 14.9. The monoisotopic (exact) mass is 424 g/mol. The van der Waals surface area contributed by atoms with Gasteiger partial charge < -0.3 is 31.3 Å². The van der Waals surface area contributed by atoms with Gasteiger partial charge in [-0.05, 0) is 48.5 Å². The van der Waals surface area contributed by atoms with Gasteiger partial charge >= 0.3 is 5.97 Å². The van der Waals surface area contributed by atoms with Gasteiger partial charge in [0, 0.05) is 11.9 Å². The maximum absolute atomic E-state index is 12.6. The van der Waals surface area contributed by atoms with Crippen molar-refractivity contribution in [2.75, 3.05) is 5.73 Å². The van der Waals surface area contributed by atoms with Crippen LogP contribution in [0.5, 0.6) is 0 Å². The van der Waals surface area contributed by atoms with E-state index in [2.05, 4.69) is 4.99 Å². The number of carboxylic acids is 1. The van der Waals surface area contributed by atoms with E-state index >= 15 is 0 Å². The summed E-state index contributed by atoms with van der Waals surface area (Å²) >= 11 is 0. The van der Waals surface area contributed by atoms with Crippen molar-refractivity contribution in [3.8, 4) is 0 Å². The van der Waals surface area contributed by atoms with Crippen LogP contribution in [0.1, 0.15) is 0 Å². The molecule has 0 amide bonds. The minimum atomic E-state index is -3.76. The van der Waals surface area contributed by atoms with Crippen LogP contribution >= 0.6 is 0 Å². The Labute approximate surface area is 166 Å². The van der Waals surface area contributed by atoms with Crippen LogP contribution in [-0.4, -0.2) is 70.6 Å². The zero-order valence-corrected chi connectivity index (χ0v) is 15.7. The van der Waals surface area contributed by atoms with Crippen molar-refractivity contribution in [2.45, 2.75) is 34.2 Å². The largest absolute Gasteiger partial charge is 0.479 e. The van der Waals surface area contributed by atoms with Gasteiger partial charge in [0.15, 0.2) is 6.10 Å². The van der Waals surface area contributed by atoms with Gasteiger partial charge in [-0.1, -0.05) is 0 Å². The van der Waals surface area contributed by atoms with Crippen molar-refractivity contribution in [3.63, 3.8) is 0 Å². The number of nitrogens with zero attached hydrogens (tertiary/aromatic N) is 1. The van der Waals surface area contributed by atoms with E-state index in [4.69, 9.17) is 10.8 Å². The number of sulfone groups is 1. The first-order valence-corrected chi connectivity index (χ1v) is 9.72. The molecule has 29 heavy (non-hydrogen) atoms. The summed E-state index contributed by atoms with van der Waals surface area (Å²) < 4.78 is 25.1. The molecule has 0 radical (unpaired) electrons. The molecule has 0 aliphatic heterocycles. The van der Waals surface area contributed by atoms with Gasteiger partial charge in [0.25, 0.3) is 0 Å². The van der Waals surface area contributed by atoms with Crippen LogP contribution in [0.4, 0.5) is 11.4 Å². The lowest BCUT2D eigenvalue weighted by Gasteiger charge is -2.22. The Morgan fingerprint density at radius 2 is 1.38 bits per heavy atom. The maximum atomic E-state index is 12.6. The Morgan fingerprint density at radius 1 is 0.897 bits per heavy atom. The van der Waals surface area contributed by atoms with Crippen molar-refractivity contribution in [1.29, 1.82) is 0 Å². The topological polar surface area (TPSA) is 191 Å². The summed E-state index contributed by atoms with van der Waals surface area (Å²) in [6, 6.07) is 11.0. The highest BCUT2D eigenvalue weighted by Gasteiger charge is 2.33. The number of aliphatic carboxylic acids is 1. The molecule has 0 saturated heterocycles. The van der Waals surface area contributed by atoms with E-state index in [1.54, 1.807) is 0 Å². The molecule has 7 N–H and O–H groups in total. The SMILES string of the molecule is Nc1ccc(S(=O)(=O)c2ccc(N=C[C@H](O)[C@@H](O)[C@H](O)[C@H](O)C(=O)O)cc2)cc1. The lowest BCUT2D eigenvalue weighted by atomic mass is 10.0. The normalized spacial score (nSPS) is 16.3. The van der Waals surface area contributed by atoms with E-state index in [-0.39, 0.29) is 15.5 Å². The van der Waals surface area contributed by atoms with Crippen molar-refractivity contribution in [2.24, 2.45) is 4.99 Å². The molecule has 2 rings (SSSR count). The predicted molar refractivity (Wildman–Crippen MR) is 103 cm³/mol. The third-order valence-electron chi connectivity index (χ3n) is 3.99. The lowest BCUT2D eigenvalue weighted by molar-refractivity contribution is -0.160. The Hall–Kier alpha value is -2.83. The highest BCUT2D eigenvalue weighted by molar-refractivity contribution is 7.91. The van der Waals surface area contributed by atoms with Crippen molar-refractivity contribution in [1.82, 2.24) is 0 Å². The molecule has 0 bridgehead atoms. The van der Waals surface area contributed by atoms with E-state index in [0.29, 0.717) is 5.69 Å². The molecule has 0 aromatic heterocycles. The smallest absolute Gasteiger partial charge is 0.335 e. The summed E-state index contributed by atoms with van der Waals surface area (Å²) in [7, 11) is -3.76. The van der Waals surface area contributed by atoms with Crippen LogP contribution < -0.4 is 5.73 Å². The lowest BCUT2D eigenvalue weighted by Crippen LogP contribution is -2.48. The van der Waals surface area contributed by atoms with Gasteiger partial charge in [-0.25, -0.2) is 13.2 Å². The number of aliphatic hydroxyl groups excluding tert-OH is 4. The van der Waals surface area contributed by atoms with Crippen LogP contribution in [-0.2, 0) is 14.6 Å². The molecular weight excluding hydrogens is 404 g/mol. The molecule has 0 unspecified atom stereocenters. The first-order valence-electron chi connectivity index (χ1n) is 8.24. The van der Waals surface area contributed by atoms with Crippen LogP contribution in [0.3, 0.4) is 0 Å². The number of aliphatic imine (C=N–C) groups is 1. The highest BCUT2D eigenvalue weighted by atomic mass is 32.2. The van der Waals surface area contributed by atoms with Crippen LogP contribution in [0.25, 0.3) is 0 Å². The summed E-state index contributed by atoms with van der Waals surface area (Å²) in [5, 5.41) is 46.7. The summed E-state index contributed by atoms with van der Waals surface area (Å²) in [5.74, 6) is -1.77. The maximum Gasteiger partial charge on any atom is 0.335 e. The number of hydrogen-bond acceptors (Lipinski definition) is 9. The zero-order chi connectivity index (χ0) is 21.8. The van der Waals surface area contributed by atoms with Gasteiger partial charge in [-0.15, -0.1) is 0 Å². The molecule has 0 saturated carbocycles. The fourth-order valence-corrected chi connectivity index (χ4v) is 3.54. The Morgan fingerprint density at radius 3 is 1.86 bits per heavy atom. The quantitative estimate of drug-likeness (QED) is 0.236. The standard InChI is InChI=1S/C18H20N2O8S/c19-10-1-5-12(6-2-10)29(27,28)13-7-3-11(4-8-13)20-9-14(21)15(22)16(23)17(24)18(25)26/h1-9,14-17,21-24H,19H2,(H,25,26)/t14-,15+,16-,17-/m0/s1. The number of carbonyl (C=O) groups is 1. The predicted octanol–water partition coefficient (Wildman–Crippen LogP) is -0.668. The van der Waals surface area contributed by atoms with E-state index < -0.39 is 40.2 Å². The average molecular weight is 424 g/mol. The fourth-order valence-electron chi connectivity index (χ4n) is 2.28. The number of benzene rings is 2. The van der Waals surface area contributed by atoms with Gasteiger partial charge in [0.2, 0.25) is 9.84 Å². The van der Waals surface area contributed by atoms with E-state index in [9.17, 15) is 33.6 Å². The van der Waals surface area contributed by atoms with Crippen molar-refractivity contribution in [3.05, 3.63) is 48.5 Å². The Balaban J connectivity index is 2.12. The average Bonchev–Trinajstić information content (AvgIpc) is 2.70. The Bertz CT molecular complexity index is 974. The summed E-state index contributed by atoms with van der Waals surface area (Å²) in [6.45, 7) is 0. The molecular formula is C18H20N2O8S. The van der Waals surface area contributed by atoms with Crippen LogP contribution in [0, 0.1) is 0 Å². The van der Waals surface area contributed by atoms with Gasteiger partial charge in [0.1, 0.15) is 18.3 Å². The van der Waals surface area contributed by atoms with E-state index in [1.165, 1.54) is 48.5 Å². The second-order valence-corrected chi connectivity index (χ2v) is 8.05. The van der Waals surface area contributed by atoms with Crippen molar-refractivity contribution < 1.29 is 38.7 Å². The number of rotatable bonds is 8. The van der Waals surface area contributed by atoms with Gasteiger partial charge in [-0.3, -0.25) is 4.99 Å². The van der Waals surface area contributed by atoms with Gasteiger partial charge in [0.05, 0.1) is 15.5 Å². The number of anilines is 1. The highest BCUT2D eigenvalue weighted by Crippen LogP contribution is 2.24. The second-order valence-electron chi connectivity index (χ2n) is 6.10. The summed E-state index contributed by atoms with van der Waals surface area (Å²) in [6.07, 6.45) is -7.38. The molecule has 0 heterocycles. The first-order chi connectivity index (χ1) is 13.5. The Kier molecular flexibility index (Phi) is 7.06. The molecule has 2 aromatic carbocycles. The van der Waals surface area contributed by atoms with Gasteiger partial charge in [-0.2, -0.15) is 0 Å². The number of carboxylic acid groups (broad SMARTS) is 1. The summed E-state index contributed by atoms with van der Waals surface area (Å²) in [5.41, 5.74) is 6.20. The first kappa shape index (κ1) is 22.5. The third kappa shape index (κ3) is 5.37. The van der Waals surface area contributed by atoms with Crippen molar-refractivity contribution >= 4 is 33.4 Å².